The number of hydrogen-bond acceptors (Lipinski definition) is 4. The number of esters is 1. The maximum Gasteiger partial charge on any atom is 0.327 e. The zero-order chi connectivity index (χ0) is 15.1. The molecule has 2 rings (SSSR count). The number of carbonyl (C=O) groups excluding carboxylic acids is 1. The number of phenolic OH excluding ortho intramolecular Hbond substituents is 1. The molecule has 2 N–H and O–H groups in total. The zero-order valence-electron chi connectivity index (χ0n) is 12.0. The summed E-state index contributed by atoms with van der Waals surface area (Å²) in [4.78, 5) is 12.1. The van der Waals surface area contributed by atoms with E-state index in [1.54, 1.807) is 19.1 Å². The van der Waals surface area contributed by atoms with Gasteiger partial charge in [0.15, 0.2) is 0 Å². The standard InChI is InChI=1S/C17H19NO3/c1-2-21-17(20)16(14-6-4-3-5-7-14)18-12-13-8-10-15(19)11-9-13/h3-11,16,18-19H,2,12H2,1H3. The summed E-state index contributed by atoms with van der Waals surface area (Å²) in [6.45, 7) is 2.65. The van der Waals surface area contributed by atoms with Crippen LogP contribution in [0.3, 0.4) is 0 Å². The third-order valence-electron chi connectivity index (χ3n) is 3.10. The highest BCUT2D eigenvalue weighted by atomic mass is 16.5. The van der Waals surface area contributed by atoms with Gasteiger partial charge in [-0.05, 0) is 30.2 Å². The Morgan fingerprint density at radius 1 is 1.14 bits per heavy atom. The molecule has 0 spiro atoms. The molecule has 2 aromatic rings. The van der Waals surface area contributed by atoms with Gasteiger partial charge >= 0.3 is 5.97 Å². The van der Waals surface area contributed by atoms with Crippen molar-refractivity contribution in [1.82, 2.24) is 5.32 Å². The highest BCUT2D eigenvalue weighted by molar-refractivity contribution is 5.77. The van der Waals surface area contributed by atoms with Crippen LogP contribution in [0.5, 0.6) is 5.75 Å². The molecule has 0 radical (unpaired) electrons. The van der Waals surface area contributed by atoms with Crippen molar-refractivity contribution in [3.05, 3.63) is 65.7 Å². The van der Waals surface area contributed by atoms with Gasteiger partial charge < -0.3 is 9.84 Å². The minimum absolute atomic E-state index is 0.226. The van der Waals surface area contributed by atoms with Crippen molar-refractivity contribution in [2.24, 2.45) is 0 Å². The van der Waals surface area contributed by atoms with Crippen molar-refractivity contribution in [3.8, 4) is 5.75 Å². The predicted molar refractivity (Wildman–Crippen MR) is 80.8 cm³/mol. The SMILES string of the molecule is CCOC(=O)C(NCc1ccc(O)cc1)c1ccccc1. The Kier molecular flexibility index (Phi) is 5.35. The molecule has 0 bridgehead atoms. The lowest BCUT2D eigenvalue weighted by atomic mass is 10.1. The highest BCUT2D eigenvalue weighted by Crippen LogP contribution is 2.16. The average Bonchev–Trinajstić information content (AvgIpc) is 2.51. The topological polar surface area (TPSA) is 58.6 Å². The van der Waals surface area contributed by atoms with Crippen LogP contribution in [0, 0.1) is 0 Å². The van der Waals surface area contributed by atoms with Crippen molar-refractivity contribution in [2.75, 3.05) is 6.61 Å². The number of phenols is 1. The second-order valence-electron chi connectivity index (χ2n) is 4.64. The van der Waals surface area contributed by atoms with Crippen LogP contribution in [-0.2, 0) is 16.1 Å². The molecule has 21 heavy (non-hydrogen) atoms. The van der Waals surface area contributed by atoms with E-state index in [-0.39, 0.29) is 11.7 Å². The number of ether oxygens (including phenoxy) is 1. The number of aromatic hydroxyl groups is 1. The van der Waals surface area contributed by atoms with E-state index in [4.69, 9.17) is 4.74 Å². The van der Waals surface area contributed by atoms with Gasteiger partial charge in [-0.3, -0.25) is 5.32 Å². The molecule has 1 unspecified atom stereocenters. The van der Waals surface area contributed by atoms with E-state index in [0.29, 0.717) is 13.2 Å². The molecule has 0 aliphatic rings. The molecule has 1 atom stereocenters. The summed E-state index contributed by atoms with van der Waals surface area (Å²) in [6.07, 6.45) is 0. The van der Waals surface area contributed by atoms with E-state index in [9.17, 15) is 9.90 Å². The van der Waals surface area contributed by atoms with E-state index in [1.165, 1.54) is 0 Å². The average molecular weight is 285 g/mol. The van der Waals surface area contributed by atoms with Crippen LogP contribution in [0.25, 0.3) is 0 Å². The van der Waals surface area contributed by atoms with E-state index in [0.717, 1.165) is 11.1 Å². The quantitative estimate of drug-likeness (QED) is 0.801. The van der Waals surface area contributed by atoms with Gasteiger partial charge in [0.25, 0.3) is 0 Å². The third-order valence-corrected chi connectivity index (χ3v) is 3.10. The molecule has 0 heterocycles. The largest absolute Gasteiger partial charge is 0.508 e. The van der Waals surface area contributed by atoms with Crippen molar-refractivity contribution in [1.29, 1.82) is 0 Å². The second-order valence-corrected chi connectivity index (χ2v) is 4.64. The first-order valence-corrected chi connectivity index (χ1v) is 6.93. The van der Waals surface area contributed by atoms with Crippen LogP contribution in [0.4, 0.5) is 0 Å². The van der Waals surface area contributed by atoms with E-state index >= 15 is 0 Å². The first kappa shape index (κ1) is 15.1. The number of rotatable bonds is 6. The fraction of sp³-hybridized carbons (Fsp3) is 0.235. The van der Waals surface area contributed by atoms with Crippen molar-refractivity contribution >= 4 is 5.97 Å². The van der Waals surface area contributed by atoms with Gasteiger partial charge in [-0.15, -0.1) is 0 Å². The maximum atomic E-state index is 12.1. The summed E-state index contributed by atoms with van der Waals surface area (Å²) in [7, 11) is 0. The first-order chi connectivity index (χ1) is 10.2. The molecule has 0 aliphatic heterocycles. The molecule has 0 aliphatic carbocycles. The second kappa shape index (κ2) is 7.45. The van der Waals surface area contributed by atoms with Crippen LogP contribution in [-0.4, -0.2) is 17.7 Å². The van der Waals surface area contributed by atoms with Crippen LogP contribution < -0.4 is 5.32 Å². The Balaban J connectivity index is 2.09. The molecular formula is C17H19NO3. The minimum Gasteiger partial charge on any atom is -0.508 e. The summed E-state index contributed by atoms with van der Waals surface area (Å²) in [6, 6.07) is 15.9. The number of hydrogen-bond donors (Lipinski definition) is 2. The van der Waals surface area contributed by atoms with Crippen LogP contribution in [0.2, 0.25) is 0 Å². The lowest BCUT2D eigenvalue weighted by molar-refractivity contribution is -0.145. The van der Waals surface area contributed by atoms with Gasteiger partial charge in [-0.25, -0.2) is 4.79 Å². The number of nitrogens with one attached hydrogen (secondary N) is 1. The van der Waals surface area contributed by atoms with Crippen molar-refractivity contribution < 1.29 is 14.6 Å². The Morgan fingerprint density at radius 3 is 2.43 bits per heavy atom. The molecule has 0 aromatic heterocycles. The summed E-state index contributed by atoms with van der Waals surface area (Å²) in [5.41, 5.74) is 1.85. The molecule has 0 saturated carbocycles. The van der Waals surface area contributed by atoms with Crippen LogP contribution in [0.1, 0.15) is 24.1 Å². The number of carbonyl (C=O) groups is 1. The Morgan fingerprint density at radius 2 is 1.81 bits per heavy atom. The molecule has 0 fully saturated rings. The van der Waals surface area contributed by atoms with E-state index in [1.807, 2.05) is 42.5 Å². The third kappa shape index (κ3) is 4.33. The summed E-state index contributed by atoms with van der Waals surface area (Å²) < 4.78 is 5.12. The molecule has 0 amide bonds. The van der Waals surface area contributed by atoms with E-state index < -0.39 is 6.04 Å². The Labute approximate surface area is 124 Å². The van der Waals surface area contributed by atoms with Gasteiger partial charge in [-0.2, -0.15) is 0 Å². The molecule has 110 valence electrons. The van der Waals surface area contributed by atoms with Crippen LogP contribution in [0.15, 0.2) is 54.6 Å². The summed E-state index contributed by atoms with van der Waals surface area (Å²) in [5.74, 6) is -0.0637. The monoisotopic (exact) mass is 285 g/mol. The minimum atomic E-state index is -0.500. The molecule has 4 nitrogen and oxygen atoms in total. The van der Waals surface area contributed by atoms with Crippen LogP contribution >= 0.6 is 0 Å². The maximum absolute atomic E-state index is 12.1. The van der Waals surface area contributed by atoms with Gasteiger partial charge in [0.05, 0.1) is 6.61 Å². The molecule has 4 heteroatoms. The summed E-state index contributed by atoms with van der Waals surface area (Å²) in [5, 5.41) is 12.5. The lowest BCUT2D eigenvalue weighted by Gasteiger charge is -2.17. The van der Waals surface area contributed by atoms with Crippen molar-refractivity contribution in [3.63, 3.8) is 0 Å². The molecular weight excluding hydrogens is 266 g/mol. The normalized spacial score (nSPS) is 11.9. The Bertz CT molecular complexity index is 566. The fourth-order valence-corrected chi connectivity index (χ4v) is 2.04. The van der Waals surface area contributed by atoms with Gasteiger partial charge in [0, 0.05) is 6.54 Å². The van der Waals surface area contributed by atoms with Crippen molar-refractivity contribution in [2.45, 2.75) is 19.5 Å². The van der Waals surface area contributed by atoms with Gasteiger partial charge in [-0.1, -0.05) is 42.5 Å². The summed E-state index contributed by atoms with van der Waals surface area (Å²) >= 11 is 0. The van der Waals surface area contributed by atoms with Gasteiger partial charge in [0.1, 0.15) is 11.8 Å². The fourth-order valence-electron chi connectivity index (χ4n) is 2.04. The first-order valence-electron chi connectivity index (χ1n) is 6.93. The lowest BCUT2D eigenvalue weighted by Crippen LogP contribution is -2.29. The zero-order valence-corrected chi connectivity index (χ0v) is 12.0. The predicted octanol–water partition coefficient (Wildman–Crippen LogP) is 2.79. The molecule has 0 saturated heterocycles. The number of benzene rings is 2. The highest BCUT2D eigenvalue weighted by Gasteiger charge is 2.20. The smallest absolute Gasteiger partial charge is 0.327 e. The van der Waals surface area contributed by atoms with Gasteiger partial charge in [0.2, 0.25) is 0 Å². The van der Waals surface area contributed by atoms with E-state index in [2.05, 4.69) is 5.32 Å². The molecule has 2 aromatic carbocycles. The Hall–Kier alpha value is -2.33.